The molecule has 0 radical (unpaired) electrons. The summed E-state index contributed by atoms with van der Waals surface area (Å²) in [5, 5.41) is 3.31. The Bertz CT molecular complexity index is 459. The molecule has 1 aromatic carbocycles. The lowest BCUT2D eigenvalue weighted by atomic mass is 10.1. The minimum atomic E-state index is -0.500. The van der Waals surface area contributed by atoms with Crippen LogP contribution in [0.2, 0.25) is 5.02 Å². The van der Waals surface area contributed by atoms with Gasteiger partial charge in [0.2, 0.25) is 0 Å². The van der Waals surface area contributed by atoms with E-state index < -0.39 is 5.82 Å². The van der Waals surface area contributed by atoms with Crippen LogP contribution in [0, 0.1) is 5.82 Å². The number of rotatable bonds is 2. The monoisotopic (exact) mass is 284 g/mol. The summed E-state index contributed by atoms with van der Waals surface area (Å²) >= 11 is 5.72. The zero-order valence-corrected chi connectivity index (χ0v) is 11.7. The van der Waals surface area contributed by atoms with Gasteiger partial charge in [-0.05, 0) is 50.6 Å². The van der Waals surface area contributed by atoms with Crippen LogP contribution in [0.3, 0.4) is 0 Å². The molecule has 1 aliphatic rings. The van der Waals surface area contributed by atoms with Crippen LogP contribution in [0.25, 0.3) is 0 Å². The summed E-state index contributed by atoms with van der Waals surface area (Å²) in [6, 6.07) is 4.34. The average molecular weight is 285 g/mol. The number of carbonyl (C=O) groups is 1. The van der Waals surface area contributed by atoms with E-state index >= 15 is 0 Å². The Morgan fingerprint density at radius 1 is 1.42 bits per heavy atom. The van der Waals surface area contributed by atoms with Gasteiger partial charge in [-0.15, -0.1) is 0 Å². The molecule has 2 rings (SSSR count). The van der Waals surface area contributed by atoms with Crippen LogP contribution in [0.1, 0.15) is 29.6 Å². The van der Waals surface area contributed by atoms with Crippen molar-refractivity contribution in [1.29, 1.82) is 0 Å². The van der Waals surface area contributed by atoms with Crippen molar-refractivity contribution in [1.82, 2.24) is 10.2 Å². The number of benzene rings is 1. The molecule has 0 aromatic heterocycles. The largest absolute Gasteiger partial charge is 0.339 e. The topological polar surface area (TPSA) is 32.3 Å². The fraction of sp³-hybridized carbons (Fsp3) is 0.500. The van der Waals surface area contributed by atoms with Crippen molar-refractivity contribution in [2.45, 2.75) is 25.3 Å². The van der Waals surface area contributed by atoms with Gasteiger partial charge in [0, 0.05) is 18.7 Å². The van der Waals surface area contributed by atoms with Crippen molar-refractivity contribution < 1.29 is 9.18 Å². The highest BCUT2D eigenvalue weighted by atomic mass is 35.5. The van der Waals surface area contributed by atoms with Gasteiger partial charge in [0.1, 0.15) is 5.82 Å². The summed E-state index contributed by atoms with van der Waals surface area (Å²) < 4.78 is 13.1. The number of halogens is 2. The molecule has 1 N–H and O–H groups in total. The first kappa shape index (κ1) is 14.3. The molecule has 5 heteroatoms. The molecule has 0 spiro atoms. The molecule has 1 fully saturated rings. The molecule has 1 heterocycles. The Hall–Kier alpha value is -1.13. The van der Waals surface area contributed by atoms with Crippen molar-refractivity contribution in [3.05, 3.63) is 34.6 Å². The third kappa shape index (κ3) is 3.45. The third-order valence-electron chi connectivity index (χ3n) is 3.58. The van der Waals surface area contributed by atoms with Gasteiger partial charge < -0.3 is 10.2 Å². The van der Waals surface area contributed by atoms with E-state index in [1.807, 2.05) is 0 Å². The molecule has 1 aromatic rings. The quantitative estimate of drug-likeness (QED) is 0.906. The Morgan fingerprint density at radius 2 is 2.21 bits per heavy atom. The standard InChI is InChI=1S/C14H18ClFN2O/c1-18(11-3-2-7-17-8-6-11)14(19)10-4-5-13(16)12(15)9-10/h4-5,9,11,17H,2-3,6-8H2,1H3. The van der Waals surface area contributed by atoms with Crippen LogP contribution in [0.5, 0.6) is 0 Å². The van der Waals surface area contributed by atoms with Gasteiger partial charge in [-0.1, -0.05) is 11.6 Å². The number of nitrogens with zero attached hydrogens (tertiary/aromatic N) is 1. The number of carbonyl (C=O) groups excluding carboxylic acids is 1. The Balaban J connectivity index is 2.10. The molecule has 1 unspecified atom stereocenters. The lowest BCUT2D eigenvalue weighted by molar-refractivity contribution is 0.0720. The molecule has 1 saturated heterocycles. The van der Waals surface area contributed by atoms with E-state index in [1.165, 1.54) is 18.2 Å². The maximum absolute atomic E-state index is 13.1. The highest BCUT2D eigenvalue weighted by Gasteiger charge is 2.22. The Labute approximate surface area is 117 Å². The molecule has 0 saturated carbocycles. The SMILES string of the molecule is CN(C(=O)c1ccc(F)c(Cl)c1)C1CCCNCC1. The predicted octanol–water partition coefficient (Wildman–Crippen LogP) is 2.69. The fourth-order valence-electron chi connectivity index (χ4n) is 2.39. The molecular formula is C14H18ClFN2O. The van der Waals surface area contributed by atoms with Crippen molar-refractivity contribution in [2.75, 3.05) is 20.1 Å². The molecule has 19 heavy (non-hydrogen) atoms. The molecule has 1 amide bonds. The van der Waals surface area contributed by atoms with E-state index in [-0.39, 0.29) is 17.0 Å². The van der Waals surface area contributed by atoms with E-state index in [0.717, 1.165) is 32.4 Å². The van der Waals surface area contributed by atoms with Crippen molar-refractivity contribution in [3.8, 4) is 0 Å². The van der Waals surface area contributed by atoms with Gasteiger partial charge in [0.25, 0.3) is 5.91 Å². The van der Waals surface area contributed by atoms with Gasteiger partial charge in [0.15, 0.2) is 0 Å². The van der Waals surface area contributed by atoms with E-state index in [1.54, 1.807) is 11.9 Å². The molecular weight excluding hydrogens is 267 g/mol. The summed E-state index contributed by atoms with van der Waals surface area (Å²) in [4.78, 5) is 14.1. The molecule has 1 aliphatic heterocycles. The minimum absolute atomic E-state index is 0.0122. The highest BCUT2D eigenvalue weighted by Crippen LogP contribution is 2.19. The van der Waals surface area contributed by atoms with Crippen molar-refractivity contribution in [3.63, 3.8) is 0 Å². The zero-order chi connectivity index (χ0) is 13.8. The predicted molar refractivity (Wildman–Crippen MR) is 74.0 cm³/mol. The third-order valence-corrected chi connectivity index (χ3v) is 3.87. The molecule has 104 valence electrons. The second-order valence-electron chi connectivity index (χ2n) is 4.88. The van der Waals surface area contributed by atoms with Crippen LogP contribution in [-0.4, -0.2) is 37.0 Å². The van der Waals surface area contributed by atoms with Crippen LogP contribution in [0.15, 0.2) is 18.2 Å². The van der Waals surface area contributed by atoms with Gasteiger partial charge in [-0.3, -0.25) is 4.79 Å². The van der Waals surface area contributed by atoms with Crippen LogP contribution < -0.4 is 5.32 Å². The Kier molecular flexibility index (Phi) is 4.77. The smallest absolute Gasteiger partial charge is 0.253 e. The van der Waals surface area contributed by atoms with E-state index in [2.05, 4.69) is 5.32 Å². The second-order valence-corrected chi connectivity index (χ2v) is 5.29. The Morgan fingerprint density at radius 3 is 2.95 bits per heavy atom. The maximum Gasteiger partial charge on any atom is 0.253 e. The summed E-state index contributed by atoms with van der Waals surface area (Å²) in [5.41, 5.74) is 0.436. The average Bonchev–Trinajstić information content (AvgIpc) is 2.69. The number of hydrogen-bond acceptors (Lipinski definition) is 2. The van der Waals surface area contributed by atoms with Crippen LogP contribution in [-0.2, 0) is 0 Å². The fourth-order valence-corrected chi connectivity index (χ4v) is 2.57. The summed E-state index contributed by atoms with van der Waals surface area (Å²) in [6.45, 7) is 1.92. The van der Waals surface area contributed by atoms with Gasteiger partial charge in [0.05, 0.1) is 5.02 Å². The van der Waals surface area contributed by atoms with Gasteiger partial charge in [-0.25, -0.2) is 4.39 Å². The summed E-state index contributed by atoms with van der Waals surface area (Å²) in [5.74, 6) is -0.603. The van der Waals surface area contributed by atoms with E-state index in [9.17, 15) is 9.18 Å². The lowest BCUT2D eigenvalue weighted by Crippen LogP contribution is -2.37. The number of nitrogens with one attached hydrogen (secondary N) is 1. The number of amides is 1. The first-order valence-electron chi connectivity index (χ1n) is 6.52. The van der Waals surface area contributed by atoms with Gasteiger partial charge in [-0.2, -0.15) is 0 Å². The zero-order valence-electron chi connectivity index (χ0n) is 11.0. The minimum Gasteiger partial charge on any atom is -0.339 e. The first-order chi connectivity index (χ1) is 9.09. The highest BCUT2D eigenvalue weighted by molar-refractivity contribution is 6.31. The first-order valence-corrected chi connectivity index (χ1v) is 6.90. The number of hydrogen-bond donors (Lipinski definition) is 1. The van der Waals surface area contributed by atoms with Gasteiger partial charge >= 0.3 is 0 Å². The summed E-state index contributed by atoms with van der Waals surface area (Å²) in [6.07, 6.45) is 2.99. The van der Waals surface area contributed by atoms with E-state index in [4.69, 9.17) is 11.6 Å². The normalized spacial score (nSPS) is 19.8. The van der Waals surface area contributed by atoms with E-state index in [0.29, 0.717) is 5.56 Å². The van der Waals surface area contributed by atoms with Crippen LogP contribution >= 0.6 is 11.6 Å². The molecule has 0 aliphatic carbocycles. The molecule has 1 atom stereocenters. The van der Waals surface area contributed by atoms with Crippen molar-refractivity contribution in [2.24, 2.45) is 0 Å². The van der Waals surface area contributed by atoms with Crippen LogP contribution in [0.4, 0.5) is 4.39 Å². The molecule has 3 nitrogen and oxygen atoms in total. The summed E-state index contributed by atoms with van der Waals surface area (Å²) in [7, 11) is 1.80. The maximum atomic E-state index is 13.1. The lowest BCUT2D eigenvalue weighted by Gasteiger charge is -2.27. The van der Waals surface area contributed by atoms with Crippen molar-refractivity contribution >= 4 is 17.5 Å². The molecule has 0 bridgehead atoms. The second kappa shape index (κ2) is 6.35.